The van der Waals surface area contributed by atoms with E-state index in [1.807, 2.05) is 32.0 Å². The van der Waals surface area contributed by atoms with Gasteiger partial charge in [-0.05, 0) is 69.0 Å². The first-order chi connectivity index (χ1) is 17.9. The summed E-state index contributed by atoms with van der Waals surface area (Å²) in [5.74, 6) is 1.60. The lowest BCUT2D eigenvalue weighted by atomic mass is 10.1. The van der Waals surface area contributed by atoms with Crippen molar-refractivity contribution in [3.05, 3.63) is 76.0 Å². The van der Waals surface area contributed by atoms with E-state index in [-0.39, 0.29) is 5.91 Å². The number of rotatable bonds is 7. The van der Waals surface area contributed by atoms with Crippen molar-refractivity contribution in [3.63, 3.8) is 0 Å². The number of hydrogen-bond donors (Lipinski definition) is 3. The van der Waals surface area contributed by atoms with Crippen LogP contribution in [0, 0.1) is 13.8 Å². The molecular formula is C27H28ClN7OS. The molecule has 3 heterocycles. The van der Waals surface area contributed by atoms with Gasteiger partial charge in [-0.3, -0.25) is 4.79 Å². The van der Waals surface area contributed by atoms with Gasteiger partial charge in [0.25, 0.3) is 5.91 Å². The molecule has 3 N–H and O–H groups in total. The van der Waals surface area contributed by atoms with Crippen molar-refractivity contribution >= 4 is 62.7 Å². The molecule has 0 unspecified atom stereocenters. The lowest BCUT2D eigenvalue weighted by molar-refractivity contribution is 0.103. The summed E-state index contributed by atoms with van der Waals surface area (Å²) >= 11 is 7.48. The van der Waals surface area contributed by atoms with E-state index in [2.05, 4.69) is 60.1 Å². The predicted octanol–water partition coefficient (Wildman–Crippen LogP) is 6.93. The number of piperidine rings is 1. The molecule has 10 heteroatoms. The van der Waals surface area contributed by atoms with Crippen LogP contribution in [0.15, 0.2) is 54.7 Å². The van der Waals surface area contributed by atoms with E-state index < -0.39 is 0 Å². The Balaban J connectivity index is 1.25. The Labute approximate surface area is 225 Å². The third kappa shape index (κ3) is 6.18. The average Bonchev–Trinajstić information content (AvgIpc) is 3.35. The molecule has 8 nitrogen and oxygen atoms in total. The summed E-state index contributed by atoms with van der Waals surface area (Å²) in [5.41, 5.74) is 3.69. The van der Waals surface area contributed by atoms with Crippen LogP contribution < -0.4 is 20.9 Å². The highest BCUT2D eigenvalue weighted by atomic mass is 35.5. The van der Waals surface area contributed by atoms with E-state index >= 15 is 0 Å². The highest BCUT2D eigenvalue weighted by molar-refractivity contribution is 7.17. The first-order valence-corrected chi connectivity index (χ1v) is 13.4. The molecule has 5 rings (SSSR count). The predicted molar refractivity (Wildman–Crippen MR) is 152 cm³/mol. The second-order valence-electron chi connectivity index (χ2n) is 8.95. The molecule has 1 saturated heterocycles. The molecule has 1 fully saturated rings. The summed E-state index contributed by atoms with van der Waals surface area (Å²) in [4.78, 5) is 29.0. The van der Waals surface area contributed by atoms with Gasteiger partial charge in [-0.1, -0.05) is 35.1 Å². The SMILES string of the molecule is Cc1nc(Nc2ccc(N3CCCCC3)cc2)cc(Nc2ncc(C(=O)Nc3c(C)cccc3Cl)s2)n1. The van der Waals surface area contributed by atoms with Crippen molar-refractivity contribution in [1.29, 1.82) is 0 Å². The molecule has 0 aliphatic carbocycles. The van der Waals surface area contributed by atoms with Crippen LogP contribution in [0.1, 0.15) is 40.3 Å². The lowest BCUT2D eigenvalue weighted by Crippen LogP contribution is -2.29. The molecule has 2 aromatic carbocycles. The van der Waals surface area contributed by atoms with E-state index in [0.29, 0.717) is 38.2 Å². The Bertz CT molecular complexity index is 1380. The Kier molecular flexibility index (Phi) is 7.52. The van der Waals surface area contributed by atoms with Crippen LogP contribution >= 0.6 is 22.9 Å². The summed E-state index contributed by atoms with van der Waals surface area (Å²) in [6, 6.07) is 15.7. The highest BCUT2D eigenvalue weighted by Gasteiger charge is 2.15. The molecule has 190 valence electrons. The molecule has 37 heavy (non-hydrogen) atoms. The van der Waals surface area contributed by atoms with Crippen LogP contribution in [0.2, 0.25) is 5.02 Å². The molecule has 0 radical (unpaired) electrons. The van der Waals surface area contributed by atoms with Crippen molar-refractivity contribution in [3.8, 4) is 0 Å². The quantitative estimate of drug-likeness (QED) is 0.237. The van der Waals surface area contributed by atoms with E-state index in [9.17, 15) is 4.79 Å². The minimum absolute atomic E-state index is 0.268. The zero-order chi connectivity index (χ0) is 25.8. The number of hydrogen-bond acceptors (Lipinski definition) is 8. The first-order valence-electron chi connectivity index (χ1n) is 12.2. The Morgan fingerprint density at radius 2 is 1.70 bits per heavy atom. The normalized spacial score (nSPS) is 13.3. The number of aromatic nitrogens is 3. The molecule has 2 aromatic heterocycles. The van der Waals surface area contributed by atoms with E-state index in [1.165, 1.54) is 42.5 Å². The summed E-state index contributed by atoms with van der Waals surface area (Å²) in [5, 5.41) is 10.5. The van der Waals surface area contributed by atoms with Crippen molar-refractivity contribution in [2.75, 3.05) is 33.9 Å². The minimum atomic E-state index is -0.268. The Morgan fingerprint density at radius 3 is 2.43 bits per heavy atom. The van der Waals surface area contributed by atoms with Crippen LogP contribution in [0.3, 0.4) is 0 Å². The number of carbonyl (C=O) groups excluding carboxylic acids is 1. The standard InChI is InChI=1S/C27H28ClN7OS/c1-17-7-6-8-21(28)25(17)34-26(36)22-16-29-27(37-22)33-24-15-23(30-18(2)31-24)32-19-9-11-20(12-10-19)35-13-4-3-5-14-35/h6-12,15-16H,3-5,13-14H2,1-2H3,(H,34,36)(H2,29,30,31,32,33). The van der Waals surface area contributed by atoms with Crippen molar-refractivity contribution in [1.82, 2.24) is 15.0 Å². The third-order valence-electron chi connectivity index (χ3n) is 6.12. The number of aryl methyl sites for hydroxylation is 2. The first kappa shape index (κ1) is 25.0. The van der Waals surface area contributed by atoms with Crippen molar-refractivity contribution in [2.45, 2.75) is 33.1 Å². The maximum atomic E-state index is 12.8. The van der Waals surface area contributed by atoms with Crippen LogP contribution in [0.5, 0.6) is 0 Å². The topological polar surface area (TPSA) is 95.1 Å². The van der Waals surface area contributed by atoms with Gasteiger partial charge in [0, 0.05) is 30.5 Å². The van der Waals surface area contributed by atoms with Gasteiger partial charge in [-0.25, -0.2) is 15.0 Å². The molecule has 1 aliphatic rings. The molecule has 4 aromatic rings. The van der Waals surface area contributed by atoms with Crippen molar-refractivity contribution < 1.29 is 4.79 Å². The van der Waals surface area contributed by atoms with Gasteiger partial charge >= 0.3 is 0 Å². The number of nitrogens with zero attached hydrogens (tertiary/aromatic N) is 4. The average molecular weight is 534 g/mol. The number of thiazole rings is 1. The van der Waals surface area contributed by atoms with Crippen LogP contribution in [-0.4, -0.2) is 33.9 Å². The van der Waals surface area contributed by atoms with Crippen LogP contribution in [-0.2, 0) is 0 Å². The number of amides is 1. The monoisotopic (exact) mass is 533 g/mol. The summed E-state index contributed by atoms with van der Waals surface area (Å²) in [7, 11) is 0. The van der Waals surface area contributed by atoms with Crippen LogP contribution in [0.25, 0.3) is 0 Å². The van der Waals surface area contributed by atoms with Gasteiger partial charge in [-0.15, -0.1) is 0 Å². The fourth-order valence-electron chi connectivity index (χ4n) is 4.26. The number of para-hydroxylation sites is 1. The fourth-order valence-corrected chi connectivity index (χ4v) is 5.25. The van der Waals surface area contributed by atoms with Crippen molar-refractivity contribution in [2.24, 2.45) is 0 Å². The number of halogens is 1. The number of anilines is 6. The number of carbonyl (C=O) groups is 1. The third-order valence-corrected chi connectivity index (χ3v) is 7.35. The number of benzene rings is 2. The molecule has 0 atom stereocenters. The molecule has 0 spiro atoms. The van der Waals surface area contributed by atoms with E-state index in [0.717, 1.165) is 24.3 Å². The molecule has 1 amide bonds. The smallest absolute Gasteiger partial charge is 0.267 e. The van der Waals surface area contributed by atoms with Gasteiger partial charge < -0.3 is 20.9 Å². The molecular weight excluding hydrogens is 506 g/mol. The molecule has 1 aliphatic heterocycles. The zero-order valence-corrected chi connectivity index (χ0v) is 22.3. The highest BCUT2D eigenvalue weighted by Crippen LogP contribution is 2.29. The Hall–Kier alpha value is -3.69. The van der Waals surface area contributed by atoms with Gasteiger partial charge in [0.1, 0.15) is 22.3 Å². The van der Waals surface area contributed by atoms with Gasteiger partial charge in [0.15, 0.2) is 5.13 Å². The number of nitrogens with one attached hydrogen (secondary N) is 3. The van der Waals surface area contributed by atoms with Gasteiger partial charge in [0.05, 0.1) is 16.9 Å². The van der Waals surface area contributed by atoms with Crippen LogP contribution in [0.4, 0.5) is 33.8 Å². The maximum absolute atomic E-state index is 12.8. The van der Waals surface area contributed by atoms with E-state index in [1.54, 1.807) is 6.07 Å². The zero-order valence-electron chi connectivity index (χ0n) is 20.7. The second-order valence-corrected chi connectivity index (χ2v) is 10.4. The summed E-state index contributed by atoms with van der Waals surface area (Å²) < 4.78 is 0. The largest absolute Gasteiger partial charge is 0.372 e. The van der Waals surface area contributed by atoms with E-state index in [4.69, 9.17) is 11.6 Å². The second kappa shape index (κ2) is 11.1. The minimum Gasteiger partial charge on any atom is -0.372 e. The maximum Gasteiger partial charge on any atom is 0.267 e. The lowest BCUT2D eigenvalue weighted by Gasteiger charge is -2.28. The summed E-state index contributed by atoms with van der Waals surface area (Å²) in [6.45, 7) is 5.97. The van der Waals surface area contributed by atoms with Gasteiger partial charge in [-0.2, -0.15) is 0 Å². The summed E-state index contributed by atoms with van der Waals surface area (Å²) in [6.07, 6.45) is 5.35. The Morgan fingerprint density at radius 1 is 0.973 bits per heavy atom. The fraction of sp³-hybridized carbons (Fsp3) is 0.259. The molecule has 0 bridgehead atoms. The van der Waals surface area contributed by atoms with Gasteiger partial charge in [0.2, 0.25) is 0 Å². The molecule has 0 saturated carbocycles.